The number of carboxylic acids is 1. The zero-order valence-electron chi connectivity index (χ0n) is 10.4. The van der Waals surface area contributed by atoms with Crippen molar-refractivity contribution in [1.82, 2.24) is 0 Å². The van der Waals surface area contributed by atoms with Gasteiger partial charge in [-0.05, 0) is 17.5 Å². The molecule has 6 heteroatoms. The number of carbonyl (C=O) groups excluding carboxylic acids is 1. The second-order valence-corrected chi connectivity index (χ2v) is 5.35. The van der Waals surface area contributed by atoms with Crippen LogP contribution in [0, 0.1) is 5.92 Å². The highest BCUT2D eigenvalue weighted by molar-refractivity contribution is 6.45. The number of halogens is 2. The molecule has 0 unspecified atom stereocenters. The minimum atomic E-state index is -1.11. The minimum Gasteiger partial charge on any atom is -0.480 e. The first-order chi connectivity index (χ1) is 8.84. The van der Waals surface area contributed by atoms with Gasteiger partial charge in [-0.15, -0.1) is 0 Å². The standard InChI is InChI=1S/C13H12Cl2O4/c1-5-6(2)13(18)10-7(5)3-8(11(14)12(10)15)19-4-9(16)17/h3,5-6H,4H2,1-2H3,(H,16,17)/t5-,6-/m0/s1. The van der Waals surface area contributed by atoms with Gasteiger partial charge >= 0.3 is 5.97 Å². The summed E-state index contributed by atoms with van der Waals surface area (Å²) >= 11 is 12.1. The van der Waals surface area contributed by atoms with E-state index in [4.69, 9.17) is 33.0 Å². The number of fused-ring (bicyclic) bond motifs is 1. The normalized spacial score (nSPS) is 21.4. The molecule has 0 saturated carbocycles. The van der Waals surface area contributed by atoms with Crippen LogP contribution in [0.15, 0.2) is 6.07 Å². The highest BCUT2D eigenvalue weighted by Crippen LogP contribution is 2.46. The second kappa shape index (κ2) is 5.02. The molecule has 4 nitrogen and oxygen atoms in total. The van der Waals surface area contributed by atoms with Gasteiger partial charge in [-0.2, -0.15) is 0 Å². The number of aliphatic carboxylic acids is 1. The molecular weight excluding hydrogens is 291 g/mol. The van der Waals surface area contributed by atoms with Gasteiger partial charge in [0.15, 0.2) is 12.4 Å². The molecule has 1 aromatic carbocycles. The van der Waals surface area contributed by atoms with Crippen LogP contribution in [0.25, 0.3) is 0 Å². The van der Waals surface area contributed by atoms with Gasteiger partial charge in [-0.1, -0.05) is 37.0 Å². The molecule has 0 heterocycles. The van der Waals surface area contributed by atoms with Crippen LogP contribution in [-0.4, -0.2) is 23.5 Å². The topological polar surface area (TPSA) is 63.6 Å². The molecule has 0 fully saturated rings. The van der Waals surface area contributed by atoms with Crippen molar-refractivity contribution in [2.45, 2.75) is 19.8 Å². The summed E-state index contributed by atoms with van der Waals surface area (Å²) in [6.45, 7) is 3.24. The Balaban J connectivity index is 2.49. The molecule has 1 aromatic rings. The van der Waals surface area contributed by atoms with Crippen LogP contribution in [-0.2, 0) is 4.79 Å². The molecule has 19 heavy (non-hydrogen) atoms. The summed E-state index contributed by atoms with van der Waals surface area (Å²) in [5.74, 6) is -1.12. The Bertz CT molecular complexity index is 568. The lowest BCUT2D eigenvalue weighted by Crippen LogP contribution is -2.10. The van der Waals surface area contributed by atoms with Crippen LogP contribution in [0.1, 0.15) is 35.7 Å². The second-order valence-electron chi connectivity index (χ2n) is 4.59. The highest BCUT2D eigenvalue weighted by atomic mass is 35.5. The smallest absolute Gasteiger partial charge is 0.341 e. The van der Waals surface area contributed by atoms with E-state index >= 15 is 0 Å². The lowest BCUT2D eigenvalue weighted by molar-refractivity contribution is -0.139. The fourth-order valence-corrected chi connectivity index (χ4v) is 2.70. The van der Waals surface area contributed by atoms with Crippen LogP contribution >= 0.6 is 23.2 Å². The number of hydrogen-bond acceptors (Lipinski definition) is 3. The van der Waals surface area contributed by atoms with E-state index in [1.165, 1.54) is 0 Å². The number of rotatable bonds is 3. The van der Waals surface area contributed by atoms with Crippen LogP contribution in [0.2, 0.25) is 10.0 Å². The van der Waals surface area contributed by atoms with E-state index in [1.807, 2.05) is 13.8 Å². The van der Waals surface area contributed by atoms with Gasteiger partial charge in [0.1, 0.15) is 10.8 Å². The largest absolute Gasteiger partial charge is 0.480 e. The zero-order chi connectivity index (χ0) is 14.3. The maximum absolute atomic E-state index is 12.1. The van der Waals surface area contributed by atoms with Gasteiger partial charge in [0.25, 0.3) is 0 Å². The number of benzene rings is 1. The predicted octanol–water partition coefficient (Wildman–Crippen LogP) is 3.39. The van der Waals surface area contributed by atoms with Gasteiger partial charge in [0.05, 0.1) is 5.02 Å². The summed E-state index contributed by atoms with van der Waals surface area (Å²) in [4.78, 5) is 22.6. The fraction of sp³-hybridized carbons (Fsp3) is 0.385. The summed E-state index contributed by atoms with van der Waals surface area (Å²) in [5.41, 5.74) is 1.18. The SMILES string of the molecule is C[C@@H]1C(=O)c2c(cc(OCC(=O)O)c(Cl)c2Cl)[C@H]1C. The number of carbonyl (C=O) groups is 2. The highest BCUT2D eigenvalue weighted by Gasteiger charge is 2.37. The predicted molar refractivity (Wildman–Crippen MR) is 71.5 cm³/mol. The van der Waals surface area contributed by atoms with E-state index in [1.54, 1.807) is 6.07 Å². The first-order valence-electron chi connectivity index (χ1n) is 5.75. The first kappa shape index (κ1) is 14.2. The lowest BCUT2D eigenvalue weighted by atomic mass is 9.96. The van der Waals surface area contributed by atoms with E-state index in [0.29, 0.717) is 5.56 Å². The lowest BCUT2D eigenvalue weighted by Gasteiger charge is -2.12. The van der Waals surface area contributed by atoms with Crippen LogP contribution < -0.4 is 4.74 Å². The maximum atomic E-state index is 12.1. The molecule has 1 aliphatic rings. The van der Waals surface area contributed by atoms with E-state index in [2.05, 4.69) is 0 Å². The third-order valence-electron chi connectivity index (χ3n) is 3.46. The van der Waals surface area contributed by atoms with Crippen molar-refractivity contribution in [2.75, 3.05) is 6.61 Å². The molecule has 2 atom stereocenters. The van der Waals surface area contributed by atoms with Crippen molar-refractivity contribution in [1.29, 1.82) is 0 Å². The van der Waals surface area contributed by atoms with Gasteiger partial charge in [0, 0.05) is 11.5 Å². The molecule has 0 bridgehead atoms. The molecule has 0 spiro atoms. The molecule has 0 saturated heterocycles. The van der Waals surface area contributed by atoms with Gasteiger partial charge in [-0.3, -0.25) is 4.79 Å². The Morgan fingerprint density at radius 2 is 1.95 bits per heavy atom. The molecule has 0 radical (unpaired) electrons. The van der Waals surface area contributed by atoms with Crippen molar-refractivity contribution >= 4 is 35.0 Å². The maximum Gasteiger partial charge on any atom is 0.341 e. The van der Waals surface area contributed by atoms with Crippen molar-refractivity contribution in [2.24, 2.45) is 5.92 Å². The Labute approximate surface area is 120 Å². The summed E-state index contributed by atoms with van der Waals surface area (Å²) < 4.78 is 5.10. The summed E-state index contributed by atoms with van der Waals surface area (Å²) in [6.07, 6.45) is 0. The molecule has 0 amide bonds. The summed E-state index contributed by atoms with van der Waals surface area (Å²) in [7, 11) is 0. The number of Topliss-reactive ketones (excluding diaryl/α,β-unsaturated/α-hetero) is 1. The Kier molecular flexibility index (Phi) is 3.74. The average Bonchev–Trinajstić information content (AvgIpc) is 2.57. The molecule has 0 aromatic heterocycles. The van der Waals surface area contributed by atoms with E-state index < -0.39 is 12.6 Å². The Hall–Kier alpha value is -1.26. The molecule has 1 aliphatic carbocycles. The average molecular weight is 303 g/mol. The first-order valence-corrected chi connectivity index (χ1v) is 6.50. The molecular formula is C13H12Cl2O4. The fourth-order valence-electron chi connectivity index (χ4n) is 2.20. The minimum absolute atomic E-state index is 0.00412. The monoisotopic (exact) mass is 302 g/mol. The number of ether oxygens (including phenoxy) is 1. The molecule has 0 aliphatic heterocycles. The van der Waals surface area contributed by atoms with Crippen molar-refractivity contribution < 1.29 is 19.4 Å². The summed E-state index contributed by atoms with van der Waals surface area (Å²) in [6, 6.07) is 1.61. The van der Waals surface area contributed by atoms with Crippen molar-refractivity contribution in [3.05, 3.63) is 27.2 Å². The van der Waals surface area contributed by atoms with Crippen molar-refractivity contribution in [3.8, 4) is 5.75 Å². The zero-order valence-corrected chi connectivity index (χ0v) is 11.9. The molecule has 1 N–H and O–H groups in total. The van der Waals surface area contributed by atoms with Crippen LogP contribution in [0.4, 0.5) is 0 Å². The van der Waals surface area contributed by atoms with Crippen LogP contribution in [0.3, 0.4) is 0 Å². The third kappa shape index (κ3) is 2.30. The van der Waals surface area contributed by atoms with E-state index in [9.17, 15) is 9.59 Å². The number of ketones is 1. The molecule has 102 valence electrons. The van der Waals surface area contributed by atoms with E-state index in [-0.39, 0.29) is 33.4 Å². The molecule has 2 rings (SSSR count). The Morgan fingerprint density at radius 3 is 2.53 bits per heavy atom. The quantitative estimate of drug-likeness (QED) is 0.929. The van der Waals surface area contributed by atoms with Crippen molar-refractivity contribution in [3.63, 3.8) is 0 Å². The van der Waals surface area contributed by atoms with Gasteiger partial charge in [0.2, 0.25) is 0 Å². The number of carboxylic acid groups (broad SMARTS) is 1. The third-order valence-corrected chi connectivity index (χ3v) is 4.31. The van der Waals surface area contributed by atoms with Gasteiger partial charge < -0.3 is 9.84 Å². The van der Waals surface area contributed by atoms with Gasteiger partial charge in [-0.25, -0.2) is 4.79 Å². The van der Waals surface area contributed by atoms with Crippen LogP contribution in [0.5, 0.6) is 5.75 Å². The number of hydrogen-bond donors (Lipinski definition) is 1. The van der Waals surface area contributed by atoms with E-state index in [0.717, 1.165) is 5.56 Å². The Morgan fingerprint density at radius 1 is 1.32 bits per heavy atom. The summed E-state index contributed by atoms with van der Waals surface area (Å²) in [5, 5.41) is 8.83.